The molecule has 0 aromatic heterocycles. The molecule has 2 nitrogen and oxygen atoms in total. The van der Waals surface area contributed by atoms with Crippen molar-refractivity contribution in [2.45, 2.75) is 23.5 Å². The van der Waals surface area contributed by atoms with Gasteiger partial charge in [0.15, 0.2) is 10.6 Å². The zero-order valence-corrected chi connectivity index (χ0v) is 6.32. The highest BCUT2D eigenvalue weighted by molar-refractivity contribution is 6.45. The summed E-state index contributed by atoms with van der Waals surface area (Å²) >= 11 is 10.8. The summed E-state index contributed by atoms with van der Waals surface area (Å²) in [5.41, 5.74) is 0. The van der Waals surface area contributed by atoms with Crippen molar-refractivity contribution in [2.24, 2.45) is 0 Å². The van der Waals surface area contributed by atoms with Crippen LogP contribution < -0.4 is 0 Å². The molecule has 1 rings (SSSR count). The standard InChI is InChI=1S/C5H8Cl2O2/c6-4(7)5(8)2-1-3-9-5/h4,8H,1-3H2. The van der Waals surface area contributed by atoms with E-state index in [9.17, 15) is 5.11 Å². The molecule has 1 N–H and O–H groups in total. The Morgan fingerprint density at radius 1 is 1.56 bits per heavy atom. The van der Waals surface area contributed by atoms with Crippen molar-refractivity contribution in [1.82, 2.24) is 0 Å². The minimum atomic E-state index is -1.27. The van der Waals surface area contributed by atoms with E-state index in [1.807, 2.05) is 0 Å². The highest BCUT2D eigenvalue weighted by Gasteiger charge is 2.38. The highest BCUT2D eigenvalue weighted by atomic mass is 35.5. The second kappa shape index (κ2) is 2.62. The Balaban J connectivity index is 2.51. The van der Waals surface area contributed by atoms with Crippen molar-refractivity contribution in [3.05, 3.63) is 0 Å². The van der Waals surface area contributed by atoms with Gasteiger partial charge >= 0.3 is 0 Å². The number of hydrogen-bond acceptors (Lipinski definition) is 2. The summed E-state index contributed by atoms with van der Waals surface area (Å²) in [6, 6.07) is 0. The first kappa shape index (κ1) is 7.61. The lowest BCUT2D eigenvalue weighted by Crippen LogP contribution is -2.34. The van der Waals surface area contributed by atoms with Gasteiger partial charge in [-0.2, -0.15) is 0 Å². The SMILES string of the molecule is OC1(C(Cl)Cl)CCCO1. The summed E-state index contributed by atoms with van der Waals surface area (Å²) in [4.78, 5) is -0.833. The Morgan fingerprint density at radius 3 is 2.44 bits per heavy atom. The van der Waals surface area contributed by atoms with Crippen molar-refractivity contribution in [3.8, 4) is 0 Å². The Morgan fingerprint density at radius 2 is 2.22 bits per heavy atom. The molecule has 0 amide bonds. The second-order valence-corrected chi connectivity index (χ2v) is 3.19. The number of halogens is 2. The van der Waals surface area contributed by atoms with Crippen LogP contribution in [0.2, 0.25) is 0 Å². The zero-order valence-electron chi connectivity index (χ0n) is 4.81. The van der Waals surface area contributed by atoms with Crippen LogP contribution in [-0.4, -0.2) is 22.3 Å². The van der Waals surface area contributed by atoms with Crippen molar-refractivity contribution in [1.29, 1.82) is 0 Å². The molecule has 0 aliphatic carbocycles. The molecule has 0 spiro atoms. The van der Waals surface area contributed by atoms with E-state index in [-0.39, 0.29) is 0 Å². The number of hydrogen-bond donors (Lipinski definition) is 1. The van der Waals surface area contributed by atoms with Crippen LogP contribution in [0.5, 0.6) is 0 Å². The number of alkyl halides is 2. The molecule has 0 saturated carbocycles. The van der Waals surface area contributed by atoms with Gasteiger partial charge in [-0.05, 0) is 6.42 Å². The van der Waals surface area contributed by atoms with E-state index in [0.717, 1.165) is 6.42 Å². The Hall–Kier alpha value is 0.500. The molecule has 1 saturated heterocycles. The van der Waals surface area contributed by atoms with Gasteiger partial charge in [-0.25, -0.2) is 0 Å². The molecule has 1 aliphatic heterocycles. The van der Waals surface area contributed by atoms with E-state index in [4.69, 9.17) is 27.9 Å². The van der Waals surface area contributed by atoms with E-state index in [1.165, 1.54) is 0 Å². The molecule has 0 radical (unpaired) electrons. The summed E-state index contributed by atoms with van der Waals surface area (Å²) in [5.74, 6) is -1.27. The van der Waals surface area contributed by atoms with Gasteiger partial charge in [0.05, 0.1) is 6.61 Å². The van der Waals surface area contributed by atoms with E-state index in [1.54, 1.807) is 0 Å². The third kappa shape index (κ3) is 1.49. The third-order valence-electron chi connectivity index (χ3n) is 1.37. The van der Waals surface area contributed by atoms with E-state index in [0.29, 0.717) is 13.0 Å². The minimum Gasteiger partial charge on any atom is -0.363 e. The largest absolute Gasteiger partial charge is 0.363 e. The van der Waals surface area contributed by atoms with Crippen LogP contribution in [0.25, 0.3) is 0 Å². The molecule has 1 aliphatic rings. The fourth-order valence-electron chi connectivity index (χ4n) is 0.819. The summed E-state index contributed by atoms with van der Waals surface area (Å²) < 4.78 is 4.89. The van der Waals surface area contributed by atoms with Gasteiger partial charge in [-0.3, -0.25) is 0 Å². The van der Waals surface area contributed by atoms with Crippen LogP contribution in [0.15, 0.2) is 0 Å². The molecule has 9 heavy (non-hydrogen) atoms. The van der Waals surface area contributed by atoms with Gasteiger partial charge in [0, 0.05) is 6.42 Å². The maximum atomic E-state index is 9.28. The van der Waals surface area contributed by atoms with Crippen molar-refractivity contribution >= 4 is 23.2 Å². The predicted octanol–water partition coefficient (Wildman–Crippen LogP) is 1.29. The lowest BCUT2D eigenvalue weighted by molar-refractivity contribution is -0.159. The minimum absolute atomic E-state index is 0.532. The Labute approximate surface area is 63.7 Å². The van der Waals surface area contributed by atoms with Crippen molar-refractivity contribution in [2.75, 3.05) is 6.61 Å². The van der Waals surface area contributed by atoms with Crippen LogP contribution >= 0.6 is 23.2 Å². The van der Waals surface area contributed by atoms with Crippen molar-refractivity contribution in [3.63, 3.8) is 0 Å². The number of ether oxygens (including phenoxy) is 1. The normalized spacial score (nSPS) is 36.0. The van der Waals surface area contributed by atoms with Crippen LogP contribution in [0.1, 0.15) is 12.8 Å². The molecule has 0 aromatic rings. The van der Waals surface area contributed by atoms with E-state index in [2.05, 4.69) is 0 Å². The smallest absolute Gasteiger partial charge is 0.196 e. The predicted molar refractivity (Wildman–Crippen MR) is 35.6 cm³/mol. The summed E-state index contributed by atoms with van der Waals surface area (Å²) in [5, 5.41) is 9.28. The highest BCUT2D eigenvalue weighted by Crippen LogP contribution is 2.31. The van der Waals surface area contributed by atoms with Gasteiger partial charge in [-0.15, -0.1) is 0 Å². The van der Waals surface area contributed by atoms with Crippen LogP contribution in [-0.2, 0) is 4.74 Å². The lowest BCUT2D eigenvalue weighted by atomic mass is 10.2. The molecular weight excluding hydrogens is 163 g/mol. The maximum Gasteiger partial charge on any atom is 0.196 e. The maximum absolute atomic E-state index is 9.28. The first-order chi connectivity index (χ1) is 4.15. The van der Waals surface area contributed by atoms with Gasteiger partial charge < -0.3 is 9.84 Å². The van der Waals surface area contributed by atoms with E-state index < -0.39 is 10.6 Å². The fourth-order valence-corrected chi connectivity index (χ4v) is 1.16. The topological polar surface area (TPSA) is 29.5 Å². The molecule has 1 atom stereocenters. The van der Waals surface area contributed by atoms with Crippen LogP contribution in [0.3, 0.4) is 0 Å². The fraction of sp³-hybridized carbons (Fsp3) is 1.00. The number of aliphatic hydroxyl groups is 1. The molecule has 4 heteroatoms. The molecule has 0 bridgehead atoms. The van der Waals surface area contributed by atoms with Crippen LogP contribution in [0.4, 0.5) is 0 Å². The molecule has 54 valence electrons. The average molecular weight is 171 g/mol. The monoisotopic (exact) mass is 170 g/mol. The third-order valence-corrected chi connectivity index (χ3v) is 2.05. The van der Waals surface area contributed by atoms with Gasteiger partial charge in [0.2, 0.25) is 0 Å². The Kier molecular flexibility index (Phi) is 2.22. The van der Waals surface area contributed by atoms with Gasteiger partial charge in [-0.1, -0.05) is 23.2 Å². The Bertz CT molecular complexity index is 99.1. The summed E-state index contributed by atoms with van der Waals surface area (Å²) in [6.45, 7) is 0.548. The van der Waals surface area contributed by atoms with E-state index >= 15 is 0 Å². The number of rotatable bonds is 1. The van der Waals surface area contributed by atoms with Crippen LogP contribution in [0, 0.1) is 0 Å². The zero-order chi connectivity index (χ0) is 6.91. The average Bonchev–Trinajstić information content (AvgIpc) is 2.16. The quantitative estimate of drug-likeness (QED) is 0.602. The molecule has 1 heterocycles. The second-order valence-electron chi connectivity index (χ2n) is 2.10. The molecular formula is C5H8Cl2O2. The lowest BCUT2D eigenvalue weighted by Gasteiger charge is -2.21. The molecule has 1 unspecified atom stereocenters. The molecule has 0 aromatic carbocycles. The first-order valence-corrected chi connectivity index (χ1v) is 3.67. The van der Waals surface area contributed by atoms with Crippen molar-refractivity contribution < 1.29 is 9.84 Å². The molecule has 1 fully saturated rings. The first-order valence-electron chi connectivity index (χ1n) is 2.80. The summed E-state index contributed by atoms with van der Waals surface area (Å²) in [7, 11) is 0. The van der Waals surface area contributed by atoms with Gasteiger partial charge in [0.1, 0.15) is 0 Å². The van der Waals surface area contributed by atoms with Gasteiger partial charge in [0.25, 0.3) is 0 Å². The summed E-state index contributed by atoms with van der Waals surface area (Å²) in [6.07, 6.45) is 1.36.